The van der Waals surface area contributed by atoms with E-state index < -0.39 is 0 Å². The van der Waals surface area contributed by atoms with E-state index in [1.54, 1.807) is 13.2 Å². The molecule has 0 unspecified atom stereocenters. The molecule has 3 aromatic carbocycles. The van der Waals surface area contributed by atoms with Gasteiger partial charge in [-0.15, -0.1) is 0 Å². The Balaban J connectivity index is 1.71. The highest BCUT2D eigenvalue weighted by molar-refractivity contribution is 6.36. The molecule has 4 rings (SSSR count). The highest BCUT2D eigenvalue weighted by Crippen LogP contribution is 2.33. The summed E-state index contributed by atoms with van der Waals surface area (Å²) in [5, 5.41) is 3.20. The summed E-state index contributed by atoms with van der Waals surface area (Å²) in [5.41, 5.74) is 5.29. The van der Waals surface area contributed by atoms with Crippen molar-refractivity contribution in [2.45, 2.75) is 20.3 Å². The predicted octanol–water partition coefficient (Wildman–Crippen LogP) is 4.75. The summed E-state index contributed by atoms with van der Waals surface area (Å²) in [6.45, 7) is 4.29. The number of amides is 2. The van der Waals surface area contributed by atoms with Crippen LogP contribution in [-0.4, -0.2) is 30.4 Å². The van der Waals surface area contributed by atoms with Crippen LogP contribution in [0.1, 0.15) is 22.3 Å². The summed E-state index contributed by atoms with van der Waals surface area (Å²) in [4.78, 5) is 28.2. The molecule has 0 aromatic heterocycles. The molecule has 1 heterocycles. The number of rotatable bonds is 7. The van der Waals surface area contributed by atoms with Crippen LogP contribution >= 0.6 is 0 Å². The molecule has 0 saturated carbocycles. The minimum absolute atomic E-state index is 0.275. The average Bonchev–Trinajstić information content (AvgIpc) is 3.02. The molecule has 2 amide bonds. The van der Waals surface area contributed by atoms with Crippen LogP contribution in [0.15, 0.2) is 78.5 Å². The van der Waals surface area contributed by atoms with Gasteiger partial charge in [-0.1, -0.05) is 60.2 Å². The number of aryl methyl sites for hydroxylation is 2. The maximum absolute atomic E-state index is 13.5. The topological polar surface area (TPSA) is 58.6 Å². The highest BCUT2D eigenvalue weighted by Gasteiger charge is 2.39. The van der Waals surface area contributed by atoms with Crippen LogP contribution in [0.3, 0.4) is 0 Å². The summed E-state index contributed by atoms with van der Waals surface area (Å²) in [6.07, 6.45) is 0.602. The van der Waals surface area contributed by atoms with Crippen molar-refractivity contribution in [1.82, 2.24) is 4.90 Å². The van der Waals surface area contributed by atoms with Crippen molar-refractivity contribution in [2.75, 3.05) is 19.0 Å². The zero-order valence-corrected chi connectivity index (χ0v) is 18.5. The van der Waals surface area contributed by atoms with Gasteiger partial charge >= 0.3 is 0 Å². The lowest BCUT2D eigenvalue weighted by atomic mass is 9.97. The number of ether oxygens (including phenoxy) is 1. The maximum Gasteiger partial charge on any atom is 0.278 e. The van der Waals surface area contributed by atoms with E-state index >= 15 is 0 Å². The molecule has 5 nitrogen and oxygen atoms in total. The van der Waals surface area contributed by atoms with Crippen molar-refractivity contribution < 1.29 is 14.3 Å². The number of carbonyl (C=O) groups excluding carboxylic acids is 2. The normalized spacial score (nSPS) is 13.7. The summed E-state index contributed by atoms with van der Waals surface area (Å²) in [6, 6.07) is 23.1. The second-order valence-corrected chi connectivity index (χ2v) is 7.92. The lowest BCUT2D eigenvalue weighted by Crippen LogP contribution is -2.34. The molecule has 0 atom stereocenters. The number of anilines is 1. The molecule has 1 aliphatic rings. The Morgan fingerprint density at radius 1 is 0.875 bits per heavy atom. The van der Waals surface area contributed by atoms with Gasteiger partial charge in [-0.3, -0.25) is 14.5 Å². The van der Waals surface area contributed by atoms with Crippen LogP contribution in [0, 0.1) is 13.8 Å². The Kier molecular flexibility index (Phi) is 6.08. The number of nitrogens with one attached hydrogen (secondary N) is 1. The van der Waals surface area contributed by atoms with Crippen LogP contribution in [0.25, 0.3) is 5.57 Å². The molecule has 32 heavy (non-hydrogen) atoms. The molecule has 0 spiro atoms. The minimum atomic E-state index is -0.316. The summed E-state index contributed by atoms with van der Waals surface area (Å²) >= 11 is 0. The number of hydrogen-bond acceptors (Lipinski definition) is 4. The Morgan fingerprint density at radius 2 is 1.66 bits per heavy atom. The molecule has 162 valence electrons. The first-order valence-electron chi connectivity index (χ1n) is 10.6. The van der Waals surface area contributed by atoms with E-state index in [0.29, 0.717) is 35.7 Å². The van der Waals surface area contributed by atoms with Crippen LogP contribution in [0.5, 0.6) is 5.75 Å². The minimum Gasteiger partial charge on any atom is -0.497 e. The summed E-state index contributed by atoms with van der Waals surface area (Å²) in [5.74, 6) is 0.0772. The first-order valence-corrected chi connectivity index (χ1v) is 10.6. The van der Waals surface area contributed by atoms with Crippen LogP contribution in [0.4, 0.5) is 5.69 Å². The van der Waals surface area contributed by atoms with Crippen molar-refractivity contribution in [1.29, 1.82) is 0 Å². The third kappa shape index (κ3) is 4.28. The van der Waals surface area contributed by atoms with Gasteiger partial charge in [0.25, 0.3) is 11.8 Å². The standard InChI is InChI=1S/C27H26N2O3/c1-18-12-13-23(19(2)16-18)24-25(28-21-10-7-11-22(17-21)32-3)27(31)29(26(24)30)15-14-20-8-5-4-6-9-20/h4-13,16-17,28H,14-15H2,1-3H3. The highest BCUT2D eigenvalue weighted by atomic mass is 16.5. The number of carbonyl (C=O) groups is 2. The smallest absolute Gasteiger partial charge is 0.278 e. The molecule has 0 radical (unpaired) electrons. The molecular formula is C27H26N2O3. The molecule has 5 heteroatoms. The van der Waals surface area contributed by atoms with Gasteiger partial charge in [-0.2, -0.15) is 0 Å². The zero-order chi connectivity index (χ0) is 22.7. The van der Waals surface area contributed by atoms with Gasteiger partial charge in [0.15, 0.2) is 0 Å². The summed E-state index contributed by atoms with van der Waals surface area (Å²) < 4.78 is 5.30. The third-order valence-electron chi connectivity index (χ3n) is 5.63. The number of nitrogens with zero attached hydrogens (tertiary/aromatic N) is 1. The quantitative estimate of drug-likeness (QED) is 0.554. The molecule has 0 aliphatic carbocycles. The monoisotopic (exact) mass is 426 g/mol. The molecular weight excluding hydrogens is 400 g/mol. The Labute approximate surface area is 188 Å². The van der Waals surface area contributed by atoms with E-state index in [9.17, 15) is 9.59 Å². The van der Waals surface area contributed by atoms with Gasteiger partial charge in [-0.05, 0) is 49.1 Å². The fourth-order valence-electron chi connectivity index (χ4n) is 3.97. The van der Waals surface area contributed by atoms with E-state index in [1.165, 1.54) is 4.90 Å². The number of benzene rings is 3. The van der Waals surface area contributed by atoms with E-state index in [4.69, 9.17) is 4.74 Å². The second-order valence-electron chi connectivity index (χ2n) is 7.92. The van der Waals surface area contributed by atoms with Gasteiger partial charge in [0.1, 0.15) is 11.4 Å². The second kappa shape index (κ2) is 9.10. The lowest BCUT2D eigenvalue weighted by molar-refractivity contribution is -0.136. The fourth-order valence-corrected chi connectivity index (χ4v) is 3.97. The third-order valence-corrected chi connectivity index (χ3v) is 5.63. The SMILES string of the molecule is COc1cccc(NC2=C(c3ccc(C)cc3C)C(=O)N(CCc3ccccc3)C2=O)c1. The number of imide groups is 1. The van der Waals surface area contributed by atoms with Gasteiger partial charge in [-0.25, -0.2) is 0 Å². The largest absolute Gasteiger partial charge is 0.497 e. The van der Waals surface area contributed by atoms with Crippen molar-refractivity contribution in [3.05, 3.63) is 101 Å². The van der Waals surface area contributed by atoms with Crippen LogP contribution < -0.4 is 10.1 Å². The van der Waals surface area contributed by atoms with Gasteiger partial charge in [0.2, 0.25) is 0 Å². The molecule has 3 aromatic rings. The van der Waals surface area contributed by atoms with E-state index in [-0.39, 0.29) is 11.8 Å². The van der Waals surface area contributed by atoms with Gasteiger partial charge in [0, 0.05) is 18.3 Å². The zero-order valence-electron chi connectivity index (χ0n) is 18.5. The molecule has 0 saturated heterocycles. The lowest BCUT2D eigenvalue weighted by Gasteiger charge is -2.15. The van der Waals surface area contributed by atoms with Crippen molar-refractivity contribution in [2.24, 2.45) is 0 Å². The van der Waals surface area contributed by atoms with E-state index in [2.05, 4.69) is 5.32 Å². The van der Waals surface area contributed by atoms with Gasteiger partial charge in [0.05, 0.1) is 12.7 Å². The molecule has 0 fully saturated rings. The fraction of sp³-hybridized carbons (Fsp3) is 0.185. The number of hydrogen-bond donors (Lipinski definition) is 1. The van der Waals surface area contributed by atoms with Crippen LogP contribution in [-0.2, 0) is 16.0 Å². The Bertz CT molecular complexity index is 1200. The van der Waals surface area contributed by atoms with Crippen LogP contribution in [0.2, 0.25) is 0 Å². The van der Waals surface area contributed by atoms with Gasteiger partial charge < -0.3 is 10.1 Å². The predicted molar refractivity (Wildman–Crippen MR) is 126 cm³/mol. The van der Waals surface area contributed by atoms with Crippen molar-refractivity contribution in [3.8, 4) is 5.75 Å². The first-order chi connectivity index (χ1) is 15.5. The molecule has 1 aliphatic heterocycles. The first kappa shape index (κ1) is 21.4. The molecule has 0 bridgehead atoms. The van der Waals surface area contributed by atoms with Crippen molar-refractivity contribution in [3.63, 3.8) is 0 Å². The number of methoxy groups -OCH3 is 1. The maximum atomic E-state index is 13.5. The average molecular weight is 427 g/mol. The Hall–Kier alpha value is -3.86. The molecule has 1 N–H and O–H groups in total. The summed E-state index contributed by atoms with van der Waals surface area (Å²) in [7, 11) is 1.59. The van der Waals surface area contributed by atoms with Crippen molar-refractivity contribution >= 4 is 23.1 Å². The van der Waals surface area contributed by atoms with E-state index in [1.807, 2.05) is 80.6 Å². The van der Waals surface area contributed by atoms with E-state index in [0.717, 1.165) is 22.3 Å². The Morgan fingerprint density at radius 3 is 2.38 bits per heavy atom.